The normalized spacial score (nSPS) is 10.6. The molecule has 0 saturated heterocycles. The first-order valence-corrected chi connectivity index (χ1v) is 4.29. The molecule has 0 radical (unpaired) electrons. The smallest absolute Gasteiger partial charge is 0.0950 e. The first kappa shape index (κ1) is 8.05. The van der Waals surface area contributed by atoms with E-state index in [0.29, 0.717) is 0 Å². The van der Waals surface area contributed by atoms with Crippen molar-refractivity contribution in [2.24, 2.45) is 0 Å². The second-order valence-electron chi connectivity index (χ2n) is 3.40. The third-order valence-electron chi connectivity index (χ3n) is 2.12. The van der Waals surface area contributed by atoms with Gasteiger partial charge in [0.1, 0.15) is 0 Å². The lowest BCUT2D eigenvalue weighted by molar-refractivity contribution is 1.10. The number of aryl methyl sites for hydroxylation is 1. The van der Waals surface area contributed by atoms with Crippen molar-refractivity contribution in [3.8, 4) is 0 Å². The molecule has 0 aliphatic carbocycles. The summed E-state index contributed by atoms with van der Waals surface area (Å²) < 4.78 is 0. The fourth-order valence-electron chi connectivity index (χ4n) is 1.45. The third kappa shape index (κ3) is 1.24. The highest BCUT2D eigenvalue weighted by molar-refractivity contribution is 5.89. The summed E-state index contributed by atoms with van der Waals surface area (Å²) >= 11 is 0. The maximum absolute atomic E-state index is 4.21. The number of allylic oxidation sites excluding steroid dienone is 1. The van der Waals surface area contributed by atoms with Crippen LogP contribution in [0.3, 0.4) is 0 Å². The molecule has 1 N–H and O–H groups in total. The molecule has 66 valence electrons. The number of fused-ring (bicyclic) bond motifs is 1. The van der Waals surface area contributed by atoms with Gasteiger partial charge in [0, 0.05) is 5.39 Å². The largest absolute Gasteiger partial charge is 0.277 e. The van der Waals surface area contributed by atoms with Crippen LogP contribution < -0.4 is 0 Å². The van der Waals surface area contributed by atoms with Crippen LogP contribution in [0.5, 0.6) is 0 Å². The van der Waals surface area contributed by atoms with Gasteiger partial charge in [-0.2, -0.15) is 5.10 Å². The van der Waals surface area contributed by atoms with Gasteiger partial charge in [-0.05, 0) is 31.6 Å². The summed E-state index contributed by atoms with van der Waals surface area (Å²) in [6.07, 6.45) is 0. The van der Waals surface area contributed by atoms with Crippen LogP contribution in [0.1, 0.15) is 18.2 Å². The van der Waals surface area contributed by atoms with Crippen LogP contribution in [-0.2, 0) is 0 Å². The molecular formula is C11H12N2. The van der Waals surface area contributed by atoms with Crippen molar-refractivity contribution in [2.45, 2.75) is 13.8 Å². The van der Waals surface area contributed by atoms with Crippen molar-refractivity contribution in [1.29, 1.82) is 0 Å². The van der Waals surface area contributed by atoms with E-state index in [9.17, 15) is 0 Å². The molecule has 0 unspecified atom stereocenters. The number of rotatable bonds is 1. The first-order valence-electron chi connectivity index (χ1n) is 4.29. The van der Waals surface area contributed by atoms with Gasteiger partial charge >= 0.3 is 0 Å². The maximum atomic E-state index is 4.21. The van der Waals surface area contributed by atoms with E-state index in [4.69, 9.17) is 0 Å². The van der Waals surface area contributed by atoms with Gasteiger partial charge in [-0.1, -0.05) is 18.2 Å². The number of hydrogen-bond acceptors (Lipinski definition) is 1. The summed E-state index contributed by atoms with van der Waals surface area (Å²) in [5.74, 6) is 0. The van der Waals surface area contributed by atoms with Gasteiger partial charge in [-0.3, -0.25) is 5.10 Å². The number of aromatic amines is 1. The van der Waals surface area contributed by atoms with Gasteiger partial charge in [-0.15, -0.1) is 0 Å². The topological polar surface area (TPSA) is 28.7 Å². The molecule has 0 fully saturated rings. The standard InChI is InChI=1S/C11H12N2/c1-7(2)11-9-6-8(3)4-5-10(9)12-13-11/h4-6H,1H2,2-3H3,(H,12,13). The van der Waals surface area contributed by atoms with Crippen LogP contribution in [-0.4, -0.2) is 10.2 Å². The summed E-state index contributed by atoms with van der Waals surface area (Å²) in [6, 6.07) is 6.25. The Kier molecular flexibility index (Phi) is 1.69. The Bertz CT molecular complexity index is 466. The number of hydrogen-bond donors (Lipinski definition) is 1. The molecule has 0 spiro atoms. The van der Waals surface area contributed by atoms with E-state index in [0.717, 1.165) is 22.2 Å². The molecule has 0 bridgehead atoms. The Balaban J connectivity index is 2.79. The zero-order valence-corrected chi connectivity index (χ0v) is 7.89. The second-order valence-corrected chi connectivity index (χ2v) is 3.40. The first-order chi connectivity index (χ1) is 6.18. The lowest BCUT2D eigenvalue weighted by atomic mass is 10.1. The van der Waals surface area contributed by atoms with Crippen LogP contribution in [0.2, 0.25) is 0 Å². The zero-order chi connectivity index (χ0) is 9.42. The number of benzene rings is 1. The predicted molar refractivity (Wildman–Crippen MR) is 55.5 cm³/mol. The van der Waals surface area contributed by atoms with E-state index in [1.54, 1.807) is 0 Å². The summed E-state index contributed by atoms with van der Waals surface area (Å²) in [4.78, 5) is 0. The lowest BCUT2D eigenvalue weighted by Crippen LogP contribution is -1.78. The third-order valence-corrected chi connectivity index (χ3v) is 2.12. The van der Waals surface area contributed by atoms with Gasteiger partial charge in [-0.25, -0.2) is 0 Å². The van der Waals surface area contributed by atoms with Crippen molar-refractivity contribution < 1.29 is 0 Å². The summed E-state index contributed by atoms with van der Waals surface area (Å²) in [6.45, 7) is 7.94. The highest BCUT2D eigenvalue weighted by Crippen LogP contribution is 2.21. The van der Waals surface area contributed by atoms with E-state index in [1.165, 1.54) is 5.56 Å². The van der Waals surface area contributed by atoms with Crippen molar-refractivity contribution in [2.75, 3.05) is 0 Å². The minimum atomic E-state index is 0.971. The van der Waals surface area contributed by atoms with Gasteiger partial charge in [0.2, 0.25) is 0 Å². The quantitative estimate of drug-likeness (QED) is 0.704. The summed E-state index contributed by atoms with van der Waals surface area (Å²) in [7, 11) is 0. The van der Waals surface area contributed by atoms with E-state index in [1.807, 2.05) is 13.0 Å². The Hall–Kier alpha value is -1.57. The van der Waals surface area contributed by atoms with Crippen LogP contribution in [0, 0.1) is 6.92 Å². The van der Waals surface area contributed by atoms with Gasteiger partial charge < -0.3 is 0 Å². The molecule has 0 amide bonds. The van der Waals surface area contributed by atoms with Crippen LogP contribution in [0.15, 0.2) is 24.8 Å². The molecule has 1 aromatic carbocycles. The second kappa shape index (κ2) is 2.73. The number of nitrogens with one attached hydrogen (secondary N) is 1. The minimum absolute atomic E-state index is 0.971. The number of aromatic nitrogens is 2. The van der Waals surface area contributed by atoms with Crippen LogP contribution >= 0.6 is 0 Å². The summed E-state index contributed by atoms with van der Waals surface area (Å²) in [5.41, 5.74) is 4.29. The van der Waals surface area contributed by atoms with Crippen LogP contribution in [0.4, 0.5) is 0 Å². The highest BCUT2D eigenvalue weighted by atomic mass is 15.1. The molecule has 2 rings (SSSR count). The molecule has 0 atom stereocenters. The molecule has 0 aliphatic rings. The lowest BCUT2D eigenvalue weighted by Gasteiger charge is -1.95. The Labute approximate surface area is 77.3 Å². The maximum Gasteiger partial charge on any atom is 0.0950 e. The monoisotopic (exact) mass is 172 g/mol. The van der Waals surface area contributed by atoms with E-state index in [2.05, 4.69) is 35.8 Å². The number of H-pyrrole nitrogens is 1. The Morgan fingerprint density at radius 1 is 1.46 bits per heavy atom. The molecule has 2 nitrogen and oxygen atoms in total. The van der Waals surface area contributed by atoms with Gasteiger partial charge in [0.25, 0.3) is 0 Å². The predicted octanol–water partition coefficient (Wildman–Crippen LogP) is 2.90. The molecular weight excluding hydrogens is 160 g/mol. The molecule has 1 heterocycles. The Morgan fingerprint density at radius 3 is 2.92 bits per heavy atom. The van der Waals surface area contributed by atoms with Crippen molar-refractivity contribution in [1.82, 2.24) is 10.2 Å². The zero-order valence-electron chi connectivity index (χ0n) is 7.89. The van der Waals surface area contributed by atoms with E-state index in [-0.39, 0.29) is 0 Å². The molecule has 2 aromatic rings. The fourth-order valence-corrected chi connectivity index (χ4v) is 1.45. The van der Waals surface area contributed by atoms with Gasteiger partial charge in [0.05, 0.1) is 11.2 Å². The minimum Gasteiger partial charge on any atom is -0.277 e. The van der Waals surface area contributed by atoms with E-state index >= 15 is 0 Å². The molecule has 2 heteroatoms. The molecule has 0 saturated carbocycles. The summed E-state index contributed by atoms with van der Waals surface area (Å²) in [5, 5.41) is 8.36. The fraction of sp³-hybridized carbons (Fsp3) is 0.182. The highest BCUT2D eigenvalue weighted by Gasteiger charge is 2.04. The van der Waals surface area contributed by atoms with Crippen molar-refractivity contribution in [3.63, 3.8) is 0 Å². The van der Waals surface area contributed by atoms with Gasteiger partial charge in [0.15, 0.2) is 0 Å². The van der Waals surface area contributed by atoms with E-state index < -0.39 is 0 Å². The average molecular weight is 172 g/mol. The van der Waals surface area contributed by atoms with Crippen molar-refractivity contribution >= 4 is 16.5 Å². The van der Waals surface area contributed by atoms with Crippen molar-refractivity contribution in [3.05, 3.63) is 36.0 Å². The molecule has 1 aromatic heterocycles. The SMILES string of the molecule is C=C(C)c1n[nH]c2ccc(C)cc12. The van der Waals surface area contributed by atoms with Crippen LogP contribution in [0.25, 0.3) is 16.5 Å². The number of nitrogens with zero attached hydrogens (tertiary/aromatic N) is 1. The average Bonchev–Trinajstić information content (AvgIpc) is 2.46. The Morgan fingerprint density at radius 2 is 2.23 bits per heavy atom. The molecule has 0 aliphatic heterocycles. The molecule has 13 heavy (non-hydrogen) atoms.